The van der Waals surface area contributed by atoms with E-state index >= 15 is 0 Å². The Labute approximate surface area is 168 Å². The first-order chi connectivity index (χ1) is 13.3. The first-order valence-electron chi connectivity index (χ1n) is 9.32. The zero-order chi connectivity index (χ0) is 20.3. The van der Waals surface area contributed by atoms with E-state index in [1.54, 1.807) is 12.1 Å². The summed E-state index contributed by atoms with van der Waals surface area (Å²) in [7, 11) is 0. The highest BCUT2D eigenvalue weighted by Gasteiger charge is 2.13. The van der Waals surface area contributed by atoms with Crippen molar-refractivity contribution in [1.29, 1.82) is 0 Å². The second kappa shape index (κ2) is 8.23. The number of fused-ring (bicyclic) bond motifs is 1. The zero-order valence-corrected chi connectivity index (χ0v) is 17.1. The number of aryl methyl sites for hydroxylation is 1. The Hall–Kier alpha value is -2.53. The molecule has 0 saturated carbocycles. The summed E-state index contributed by atoms with van der Waals surface area (Å²) in [6.45, 7) is 7.51. The number of rotatable bonds is 6. The lowest BCUT2D eigenvalue weighted by atomic mass is 9.87. The molecule has 0 unspecified atom stereocenters. The Morgan fingerprint density at radius 1 is 1.04 bits per heavy atom. The molecule has 2 aromatic carbocycles. The highest BCUT2D eigenvalue weighted by molar-refractivity contribution is 6.31. The van der Waals surface area contributed by atoms with Gasteiger partial charge in [-0.1, -0.05) is 44.5 Å². The Morgan fingerprint density at radius 3 is 2.43 bits per heavy atom. The molecule has 148 valence electrons. The van der Waals surface area contributed by atoms with E-state index in [1.165, 1.54) is 16.2 Å². The predicted molar refractivity (Wildman–Crippen MR) is 112 cm³/mol. The molecule has 0 spiro atoms. The molecule has 0 aliphatic rings. The fourth-order valence-electron chi connectivity index (χ4n) is 3.02. The number of hydrogen-bond donors (Lipinski definition) is 0. The van der Waals surface area contributed by atoms with Crippen molar-refractivity contribution in [1.82, 2.24) is 4.57 Å². The van der Waals surface area contributed by atoms with Crippen molar-refractivity contribution in [3.8, 4) is 5.75 Å². The van der Waals surface area contributed by atoms with Crippen LogP contribution in [0.2, 0.25) is 5.02 Å². The van der Waals surface area contributed by atoms with Gasteiger partial charge < -0.3 is 9.15 Å². The van der Waals surface area contributed by atoms with E-state index in [1.807, 2.05) is 12.1 Å². The van der Waals surface area contributed by atoms with Crippen LogP contribution in [0.4, 0.5) is 0 Å². The first-order valence-corrected chi connectivity index (χ1v) is 9.70. The molecule has 6 heteroatoms. The van der Waals surface area contributed by atoms with Gasteiger partial charge in [-0.25, -0.2) is 9.59 Å². The Morgan fingerprint density at radius 2 is 1.75 bits per heavy atom. The van der Waals surface area contributed by atoms with Crippen LogP contribution in [-0.2, 0) is 12.0 Å². The molecule has 0 fully saturated rings. The van der Waals surface area contributed by atoms with Crippen LogP contribution in [0.3, 0.4) is 0 Å². The van der Waals surface area contributed by atoms with Gasteiger partial charge in [0.2, 0.25) is 0 Å². The average Bonchev–Trinajstić information content (AvgIpc) is 2.64. The van der Waals surface area contributed by atoms with Crippen LogP contribution < -0.4 is 16.1 Å². The van der Waals surface area contributed by atoms with Crippen LogP contribution in [0.1, 0.15) is 39.2 Å². The minimum Gasteiger partial charge on any atom is -0.494 e. The number of nitrogens with zero attached hydrogens (tertiary/aromatic N) is 1. The summed E-state index contributed by atoms with van der Waals surface area (Å²) >= 11 is 5.94. The minimum absolute atomic E-state index is 0.115. The summed E-state index contributed by atoms with van der Waals surface area (Å²) < 4.78 is 12.1. The van der Waals surface area contributed by atoms with Gasteiger partial charge in [0.15, 0.2) is 0 Å². The second-order valence-electron chi connectivity index (χ2n) is 7.80. The topological polar surface area (TPSA) is 61.4 Å². The third kappa shape index (κ3) is 4.65. The quantitative estimate of drug-likeness (QED) is 0.558. The maximum absolute atomic E-state index is 12.1. The number of halogens is 1. The van der Waals surface area contributed by atoms with Gasteiger partial charge in [-0.15, -0.1) is 0 Å². The van der Waals surface area contributed by atoms with Crippen LogP contribution in [-0.4, -0.2) is 11.2 Å². The zero-order valence-electron chi connectivity index (χ0n) is 16.3. The molecule has 0 atom stereocenters. The van der Waals surface area contributed by atoms with Crippen LogP contribution in [0.15, 0.2) is 56.5 Å². The maximum Gasteiger partial charge on any atom is 0.422 e. The molecule has 0 aliphatic heterocycles. The van der Waals surface area contributed by atoms with Crippen molar-refractivity contribution in [2.45, 2.75) is 45.6 Å². The Balaban J connectivity index is 1.59. The van der Waals surface area contributed by atoms with Crippen molar-refractivity contribution >= 4 is 22.5 Å². The molecular weight excluding hydrogens is 378 g/mol. The molecule has 0 amide bonds. The van der Waals surface area contributed by atoms with E-state index in [9.17, 15) is 9.59 Å². The molecule has 0 radical (unpaired) electrons. The van der Waals surface area contributed by atoms with E-state index < -0.39 is 11.4 Å². The van der Waals surface area contributed by atoms with E-state index in [4.69, 9.17) is 20.8 Å². The largest absolute Gasteiger partial charge is 0.494 e. The number of unbranched alkanes of at least 4 members (excludes halogenated alkanes) is 1. The fraction of sp³-hybridized carbons (Fsp3) is 0.364. The molecule has 0 aliphatic carbocycles. The summed E-state index contributed by atoms with van der Waals surface area (Å²) in [6.07, 6.45) is 1.48. The number of hydrogen-bond acceptors (Lipinski definition) is 4. The molecule has 3 rings (SSSR count). The molecule has 28 heavy (non-hydrogen) atoms. The maximum atomic E-state index is 12.1. The van der Waals surface area contributed by atoms with Crippen molar-refractivity contribution in [2.75, 3.05) is 6.61 Å². The summed E-state index contributed by atoms with van der Waals surface area (Å²) in [6, 6.07) is 13.0. The molecular formula is C22H24ClNO4. The van der Waals surface area contributed by atoms with Crippen LogP contribution in [0.25, 0.3) is 10.9 Å². The lowest BCUT2D eigenvalue weighted by Crippen LogP contribution is -2.25. The molecule has 1 heterocycles. The van der Waals surface area contributed by atoms with Crippen LogP contribution >= 0.6 is 11.6 Å². The van der Waals surface area contributed by atoms with Gasteiger partial charge in [-0.2, -0.15) is 0 Å². The normalized spacial score (nSPS) is 11.7. The molecule has 0 N–H and O–H groups in total. The summed E-state index contributed by atoms with van der Waals surface area (Å²) in [5, 5.41) is 0.734. The van der Waals surface area contributed by atoms with Crippen molar-refractivity contribution in [3.63, 3.8) is 0 Å². The third-order valence-corrected chi connectivity index (χ3v) is 4.87. The van der Waals surface area contributed by atoms with E-state index in [0.717, 1.165) is 12.2 Å². The molecule has 5 nitrogen and oxygen atoms in total. The van der Waals surface area contributed by atoms with Crippen molar-refractivity contribution in [2.24, 2.45) is 0 Å². The summed E-state index contributed by atoms with van der Waals surface area (Å²) in [5.41, 5.74) is 1.24. The van der Waals surface area contributed by atoms with Gasteiger partial charge in [-0.3, -0.25) is 4.57 Å². The van der Waals surface area contributed by atoms with Gasteiger partial charge in [0.1, 0.15) is 5.75 Å². The van der Waals surface area contributed by atoms with Crippen molar-refractivity contribution in [3.05, 3.63) is 74.0 Å². The number of benzene rings is 2. The van der Waals surface area contributed by atoms with Gasteiger partial charge in [0, 0.05) is 11.6 Å². The fourth-order valence-corrected chi connectivity index (χ4v) is 3.19. The van der Waals surface area contributed by atoms with Gasteiger partial charge in [0.25, 0.3) is 0 Å². The van der Waals surface area contributed by atoms with Gasteiger partial charge in [0.05, 0.1) is 17.5 Å². The first kappa shape index (κ1) is 20.2. The molecule has 3 aromatic rings. The molecule has 0 saturated heterocycles. The van der Waals surface area contributed by atoms with E-state index in [0.29, 0.717) is 35.5 Å². The number of ether oxygens (including phenoxy) is 1. The van der Waals surface area contributed by atoms with Crippen LogP contribution in [0.5, 0.6) is 5.75 Å². The van der Waals surface area contributed by atoms with Crippen molar-refractivity contribution < 1.29 is 9.15 Å². The Kier molecular flexibility index (Phi) is 5.94. The average molecular weight is 402 g/mol. The lowest BCUT2D eigenvalue weighted by molar-refractivity contribution is 0.300. The van der Waals surface area contributed by atoms with Gasteiger partial charge in [-0.05, 0) is 54.2 Å². The third-order valence-electron chi connectivity index (χ3n) is 4.63. The highest BCUT2D eigenvalue weighted by atomic mass is 35.5. The van der Waals surface area contributed by atoms with Crippen LogP contribution in [0, 0.1) is 0 Å². The smallest absolute Gasteiger partial charge is 0.422 e. The SMILES string of the molecule is CC(C)(C)c1ccc(OCCCCn2c(=O)oc(=O)c3cc(Cl)ccc32)cc1. The molecule has 0 bridgehead atoms. The molecule has 1 aromatic heterocycles. The standard InChI is InChI=1S/C22H24ClNO4/c1-22(2,3)15-6-9-17(10-7-15)27-13-5-4-12-24-19-11-8-16(23)14-18(19)20(25)28-21(24)26/h6-11,14H,4-5,12-13H2,1-3H3. The number of aromatic nitrogens is 1. The summed E-state index contributed by atoms with van der Waals surface area (Å²) in [4.78, 5) is 23.9. The second-order valence-corrected chi connectivity index (χ2v) is 8.23. The van der Waals surface area contributed by atoms with Gasteiger partial charge >= 0.3 is 11.4 Å². The minimum atomic E-state index is -0.666. The predicted octanol–water partition coefficient (Wildman–Crippen LogP) is 4.76. The van der Waals surface area contributed by atoms with E-state index in [2.05, 4.69) is 32.9 Å². The lowest BCUT2D eigenvalue weighted by Gasteiger charge is -2.19. The highest BCUT2D eigenvalue weighted by Crippen LogP contribution is 2.24. The summed E-state index contributed by atoms with van der Waals surface area (Å²) in [5.74, 6) is 0.175. The Bertz CT molecular complexity index is 1070. The van der Waals surface area contributed by atoms with E-state index in [-0.39, 0.29) is 5.41 Å². The monoisotopic (exact) mass is 401 g/mol.